The van der Waals surface area contributed by atoms with Crippen LogP contribution in [-0.4, -0.2) is 20.3 Å². The Labute approximate surface area is 174 Å². The van der Waals surface area contributed by atoms with Crippen LogP contribution in [0.3, 0.4) is 0 Å². The van der Waals surface area contributed by atoms with Gasteiger partial charge in [0.1, 0.15) is 18.0 Å². The van der Waals surface area contributed by atoms with Crippen LogP contribution in [0.2, 0.25) is 0 Å². The number of ether oxygens (including phenoxy) is 1. The summed E-state index contributed by atoms with van der Waals surface area (Å²) in [5, 5.41) is 2.87. The molecule has 0 fully saturated rings. The topological polar surface area (TPSA) is 68.5 Å². The maximum atomic E-state index is 12.1. The molecule has 6 nitrogen and oxygen atoms in total. The van der Waals surface area contributed by atoms with Crippen molar-refractivity contribution in [3.8, 4) is 5.75 Å². The highest BCUT2D eigenvalue weighted by atomic mass is 16.5. The molecule has 0 atom stereocenters. The van der Waals surface area contributed by atoms with E-state index >= 15 is 0 Å². The molecular weight excluding hydrogens is 376 g/mol. The van der Waals surface area contributed by atoms with Crippen LogP contribution in [0.25, 0.3) is 11.7 Å². The third-order valence-corrected chi connectivity index (χ3v) is 4.61. The molecule has 3 aromatic heterocycles. The summed E-state index contributed by atoms with van der Waals surface area (Å²) in [4.78, 5) is 20.8. The molecule has 0 saturated carbocycles. The largest absolute Gasteiger partial charge is 0.489 e. The van der Waals surface area contributed by atoms with E-state index in [0.717, 1.165) is 33.8 Å². The number of hydrogen-bond donors (Lipinski definition) is 1. The van der Waals surface area contributed by atoms with Gasteiger partial charge in [-0.1, -0.05) is 24.3 Å². The summed E-state index contributed by atoms with van der Waals surface area (Å²) in [6.07, 6.45) is 10.7. The molecule has 3 heterocycles. The number of nitrogens with zero attached hydrogens (tertiary/aromatic N) is 3. The number of carbonyl (C=O) groups is 1. The van der Waals surface area contributed by atoms with Crippen LogP contribution in [0.5, 0.6) is 5.75 Å². The van der Waals surface area contributed by atoms with Gasteiger partial charge in [0.05, 0.1) is 12.2 Å². The van der Waals surface area contributed by atoms with Crippen molar-refractivity contribution in [2.45, 2.75) is 20.1 Å². The van der Waals surface area contributed by atoms with E-state index in [0.29, 0.717) is 13.2 Å². The highest BCUT2D eigenvalue weighted by Gasteiger charge is 2.04. The molecule has 150 valence electrons. The normalized spacial score (nSPS) is 11.1. The van der Waals surface area contributed by atoms with E-state index < -0.39 is 0 Å². The fourth-order valence-electron chi connectivity index (χ4n) is 3.02. The van der Waals surface area contributed by atoms with Crippen molar-refractivity contribution in [1.82, 2.24) is 19.7 Å². The maximum absolute atomic E-state index is 12.1. The molecular formula is C24H22N4O2. The standard InChI is InChI=1S/C24H22N4O2/c1-18-4-3-13-28-16-21(27-24(18)28)15-26-23(29)11-8-19-6-9-22(10-7-19)30-17-20-5-2-12-25-14-20/h2-14,16H,15,17H2,1H3,(H,26,29). The number of pyridine rings is 2. The molecule has 0 saturated heterocycles. The van der Waals surface area contributed by atoms with Crippen LogP contribution in [0.15, 0.2) is 79.4 Å². The second kappa shape index (κ2) is 9.05. The lowest BCUT2D eigenvalue weighted by atomic mass is 10.2. The lowest BCUT2D eigenvalue weighted by Gasteiger charge is -2.06. The van der Waals surface area contributed by atoms with Gasteiger partial charge in [-0.2, -0.15) is 0 Å². The molecule has 1 aromatic carbocycles. The van der Waals surface area contributed by atoms with Crippen molar-refractivity contribution in [2.24, 2.45) is 0 Å². The second-order valence-corrected chi connectivity index (χ2v) is 6.92. The SMILES string of the molecule is Cc1cccn2cc(CNC(=O)C=Cc3ccc(OCc4cccnc4)cc3)nc12. The third kappa shape index (κ3) is 4.91. The van der Waals surface area contributed by atoms with Crippen LogP contribution in [0.1, 0.15) is 22.4 Å². The quantitative estimate of drug-likeness (QED) is 0.479. The minimum atomic E-state index is -0.166. The molecule has 0 bridgehead atoms. The number of nitrogens with one attached hydrogen (secondary N) is 1. The molecule has 0 spiro atoms. The molecule has 4 rings (SSSR count). The minimum absolute atomic E-state index is 0.166. The summed E-state index contributed by atoms with van der Waals surface area (Å²) in [7, 11) is 0. The summed E-state index contributed by atoms with van der Waals surface area (Å²) in [5.74, 6) is 0.600. The Balaban J connectivity index is 1.28. The van der Waals surface area contributed by atoms with E-state index in [1.807, 2.05) is 72.2 Å². The molecule has 0 radical (unpaired) electrons. The van der Waals surface area contributed by atoms with Crippen LogP contribution in [-0.2, 0) is 17.9 Å². The number of imidazole rings is 1. The molecule has 0 unspecified atom stereocenters. The first kappa shape index (κ1) is 19.4. The third-order valence-electron chi connectivity index (χ3n) is 4.61. The van der Waals surface area contributed by atoms with Gasteiger partial charge in [-0.05, 0) is 48.4 Å². The highest BCUT2D eigenvalue weighted by molar-refractivity contribution is 5.91. The van der Waals surface area contributed by atoms with Crippen LogP contribution in [0.4, 0.5) is 0 Å². The average molecular weight is 398 g/mol. The molecule has 0 aliphatic rings. The summed E-state index contributed by atoms with van der Waals surface area (Å²) in [5.41, 5.74) is 4.76. The Hall–Kier alpha value is -3.93. The first-order chi connectivity index (χ1) is 14.7. The van der Waals surface area contributed by atoms with Gasteiger partial charge in [-0.3, -0.25) is 9.78 Å². The zero-order chi connectivity index (χ0) is 20.8. The van der Waals surface area contributed by atoms with Gasteiger partial charge in [0.25, 0.3) is 0 Å². The van der Waals surface area contributed by atoms with Gasteiger partial charge in [-0.15, -0.1) is 0 Å². The fraction of sp³-hybridized carbons (Fsp3) is 0.125. The minimum Gasteiger partial charge on any atom is -0.489 e. The van der Waals surface area contributed by atoms with E-state index in [-0.39, 0.29) is 5.91 Å². The van der Waals surface area contributed by atoms with E-state index in [1.54, 1.807) is 18.5 Å². The van der Waals surface area contributed by atoms with Gasteiger partial charge in [-0.25, -0.2) is 4.98 Å². The first-order valence-corrected chi connectivity index (χ1v) is 9.68. The van der Waals surface area contributed by atoms with E-state index in [4.69, 9.17) is 4.74 Å². The van der Waals surface area contributed by atoms with Crippen molar-refractivity contribution < 1.29 is 9.53 Å². The van der Waals surface area contributed by atoms with Crippen molar-refractivity contribution in [3.05, 3.63) is 102 Å². The smallest absolute Gasteiger partial charge is 0.244 e. The van der Waals surface area contributed by atoms with Gasteiger partial charge in [0.15, 0.2) is 0 Å². The fourth-order valence-corrected chi connectivity index (χ4v) is 3.02. The first-order valence-electron chi connectivity index (χ1n) is 9.68. The Morgan fingerprint density at radius 2 is 2.03 bits per heavy atom. The van der Waals surface area contributed by atoms with Crippen LogP contribution in [0, 0.1) is 6.92 Å². The van der Waals surface area contributed by atoms with E-state index in [1.165, 1.54) is 6.08 Å². The van der Waals surface area contributed by atoms with Crippen molar-refractivity contribution in [1.29, 1.82) is 0 Å². The lowest BCUT2D eigenvalue weighted by Crippen LogP contribution is -2.20. The monoisotopic (exact) mass is 398 g/mol. The number of carbonyl (C=O) groups excluding carboxylic acids is 1. The van der Waals surface area contributed by atoms with E-state index in [9.17, 15) is 4.79 Å². The average Bonchev–Trinajstić information content (AvgIpc) is 3.21. The van der Waals surface area contributed by atoms with Crippen molar-refractivity contribution in [2.75, 3.05) is 0 Å². The Kier molecular flexibility index (Phi) is 5.85. The Morgan fingerprint density at radius 3 is 2.80 bits per heavy atom. The van der Waals surface area contributed by atoms with Crippen molar-refractivity contribution >= 4 is 17.6 Å². The molecule has 6 heteroatoms. The van der Waals surface area contributed by atoms with Gasteiger partial charge in [0, 0.05) is 36.4 Å². The van der Waals surface area contributed by atoms with Gasteiger partial charge in [0.2, 0.25) is 5.91 Å². The Bertz CT molecular complexity index is 1170. The van der Waals surface area contributed by atoms with Gasteiger partial charge >= 0.3 is 0 Å². The zero-order valence-electron chi connectivity index (χ0n) is 16.7. The number of fused-ring (bicyclic) bond motifs is 1. The number of amides is 1. The predicted molar refractivity (Wildman–Crippen MR) is 116 cm³/mol. The number of rotatable bonds is 7. The molecule has 30 heavy (non-hydrogen) atoms. The molecule has 0 aliphatic heterocycles. The highest BCUT2D eigenvalue weighted by Crippen LogP contribution is 2.15. The zero-order valence-corrected chi connectivity index (χ0v) is 16.7. The summed E-state index contributed by atoms with van der Waals surface area (Å²) < 4.78 is 7.70. The maximum Gasteiger partial charge on any atom is 0.244 e. The number of hydrogen-bond acceptors (Lipinski definition) is 4. The molecule has 0 aliphatic carbocycles. The van der Waals surface area contributed by atoms with Crippen LogP contribution >= 0.6 is 0 Å². The summed E-state index contributed by atoms with van der Waals surface area (Å²) in [6.45, 7) is 2.86. The van der Waals surface area contributed by atoms with Gasteiger partial charge < -0.3 is 14.5 Å². The number of benzene rings is 1. The summed E-state index contributed by atoms with van der Waals surface area (Å²) >= 11 is 0. The molecule has 1 amide bonds. The number of aryl methyl sites for hydroxylation is 1. The predicted octanol–water partition coefficient (Wildman–Crippen LogP) is 3.95. The van der Waals surface area contributed by atoms with E-state index in [2.05, 4.69) is 15.3 Å². The summed E-state index contributed by atoms with van der Waals surface area (Å²) in [6, 6.07) is 15.4. The lowest BCUT2D eigenvalue weighted by molar-refractivity contribution is -0.116. The Morgan fingerprint density at radius 1 is 1.17 bits per heavy atom. The molecule has 4 aromatic rings. The van der Waals surface area contributed by atoms with Crippen molar-refractivity contribution in [3.63, 3.8) is 0 Å². The van der Waals surface area contributed by atoms with Crippen LogP contribution < -0.4 is 10.1 Å². The number of aromatic nitrogens is 3. The second-order valence-electron chi connectivity index (χ2n) is 6.92. The molecule has 1 N–H and O–H groups in total.